The molecule has 2 unspecified atom stereocenters. The molecule has 0 bridgehead atoms. The minimum absolute atomic E-state index is 0. The Morgan fingerprint density at radius 2 is 2.36 bits per heavy atom. The largest absolute Gasteiger partial charge is 0.376 e. The lowest BCUT2D eigenvalue weighted by Gasteiger charge is -2.37. The molecule has 1 aromatic rings. The minimum atomic E-state index is 0. The third-order valence-electron chi connectivity index (χ3n) is 4.10. The van der Waals surface area contributed by atoms with Gasteiger partial charge in [0.05, 0.1) is 25.3 Å². The maximum Gasteiger partial charge on any atom is 0.193 e. The van der Waals surface area contributed by atoms with Crippen molar-refractivity contribution in [1.82, 2.24) is 15.1 Å². The summed E-state index contributed by atoms with van der Waals surface area (Å²) in [6, 6.07) is 4.76. The second-order valence-corrected chi connectivity index (χ2v) is 6.69. The van der Waals surface area contributed by atoms with Gasteiger partial charge in [-0.3, -0.25) is 9.89 Å². The van der Waals surface area contributed by atoms with Gasteiger partial charge in [0.2, 0.25) is 0 Å². The second-order valence-electron chi connectivity index (χ2n) is 5.72. The Morgan fingerprint density at radius 3 is 3.00 bits per heavy atom. The zero-order valence-electron chi connectivity index (χ0n) is 13.2. The van der Waals surface area contributed by atoms with E-state index in [0.717, 1.165) is 45.3 Å². The molecular weight excluding hydrogens is 411 g/mol. The number of halogens is 1. The summed E-state index contributed by atoms with van der Waals surface area (Å²) in [4.78, 5) is 10.7. The van der Waals surface area contributed by atoms with Crippen molar-refractivity contribution < 1.29 is 4.74 Å². The molecule has 5 nitrogen and oxygen atoms in total. The summed E-state index contributed by atoms with van der Waals surface area (Å²) >= 11 is 1.83. The number of nitrogens with zero attached hydrogens (tertiary/aromatic N) is 3. The van der Waals surface area contributed by atoms with Crippen molar-refractivity contribution in [3.05, 3.63) is 22.4 Å². The molecule has 2 atom stereocenters. The van der Waals surface area contributed by atoms with E-state index in [2.05, 4.69) is 51.6 Å². The van der Waals surface area contributed by atoms with Crippen LogP contribution in [0.2, 0.25) is 0 Å². The number of ether oxygens (including phenoxy) is 1. The Labute approximate surface area is 153 Å². The molecule has 2 aliphatic heterocycles. The number of morpholine rings is 1. The Hall–Kier alpha value is -0.380. The monoisotopic (exact) mass is 436 g/mol. The van der Waals surface area contributed by atoms with Gasteiger partial charge in [-0.1, -0.05) is 6.07 Å². The molecule has 2 aliphatic rings. The molecule has 7 heteroatoms. The number of hydrogen-bond acceptors (Lipinski definition) is 6. The summed E-state index contributed by atoms with van der Waals surface area (Å²) in [5.41, 5.74) is 0. The van der Waals surface area contributed by atoms with Crippen LogP contribution in [-0.2, 0) is 4.74 Å². The van der Waals surface area contributed by atoms with Crippen LogP contribution in [0, 0.1) is 0 Å². The molecule has 0 amide bonds. The van der Waals surface area contributed by atoms with Gasteiger partial charge in [0, 0.05) is 38.1 Å². The Kier molecular flexibility index (Phi) is 6.91. The first kappa shape index (κ1) is 18.0. The van der Waals surface area contributed by atoms with E-state index in [0.29, 0.717) is 12.1 Å². The maximum absolute atomic E-state index is 5.68. The van der Waals surface area contributed by atoms with Crippen LogP contribution < -0.4 is 5.32 Å². The Bertz CT molecular complexity index is 482. The van der Waals surface area contributed by atoms with Crippen LogP contribution in [-0.4, -0.2) is 68.2 Å². The molecule has 124 valence electrons. The highest BCUT2D eigenvalue weighted by Gasteiger charge is 2.27. The summed E-state index contributed by atoms with van der Waals surface area (Å²) in [7, 11) is 2.09. The van der Waals surface area contributed by atoms with Gasteiger partial charge >= 0.3 is 0 Å². The SMILES string of the molecule is CC1CN(C(CNC2=NCCN2C)c2cccs2)CCO1.I. The fraction of sp³-hybridized carbons (Fsp3) is 0.667. The highest BCUT2D eigenvalue weighted by atomic mass is 127. The zero-order chi connectivity index (χ0) is 14.7. The molecule has 1 saturated heterocycles. The standard InChI is InChI=1S/C15H24N4OS.HI/c1-12-11-19(7-8-20-12)13(14-4-3-9-21-14)10-17-15-16-5-6-18(15)2;/h3-4,9,12-13H,5-8,10-11H2,1-2H3,(H,16,17);1H. The van der Waals surface area contributed by atoms with E-state index in [-0.39, 0.29) is 24.0 Å². The summed E-state index contributed by atoms with van der Waals surface area (Å²) in [6.45, 7) is 7.78. The lowest BCUT2D eigenvalue weighted by atomic mass is 10.1. The molecule has 0 saturated carbocycles. The molecule has 22 heavy (non-hydrogen) atoms. The van der Waals surface area contributed by atoms with E-state index in [1.54, 1.807) is 0 Å². The molecular formula is C15H25IN4OS. The summed E-state index contributed by atoms with van der Waals surface area (Å²) in [5.74, 6) is 1.03. The van der Waals surface area contributed by atoms with Crippen molar-refractivity contribution in [1.29, 1.82) is 0 Å². The molecule has 1 fully saturated rings. The van der Waals surface area contributed by atoms with Crippen LogP contribution in [0.5, 0.6) is 0 Å². The van der Waals surface area contributed by atoms with Gasteiger partial charge in [-0.2, -0.15) is 0 Å². The van der Waals surface area contributed by atoms with E-state index in [1.807, 2.05) is 11.3 Å². The Balaban J connectivity index is 0.00000176. The van der Waals surface area contributed by atoms with Crippen molar-refractivity contribution in [2.45, 2.75) is 19.1 Å². The van der Waals surface area contributed by atoms with Crippen LogP contribution in [0.4, 0.5) is 0 Å². The van der Waals surface area contributed by atoms with Gasteiger partial charge in [-0.25, -0.2) is 0 Å². The molecule has 0 aliphatic carbocycles. The highest BCUT2D eigenvalue weighted by Crippen LogP contribution is 2.26. The Morgan fingerprint density at radius 1 is 1.50 bits per heavy atom. The summed E-state index contributed by atoms with van der Waals surface area (Å²) in [5, 5.41) is 5.69. The number of thiophene rings is 1. The average Bonchev–Trinajstić information content (AvgIpc) is 3.12. The van der Waals surface area contributed by atoms with Crippen LogP contribution in [0.15, 0.2) is 22.5 Å². The predicted octanol–water partition coefficient (Wildman–Crippen LogP) is 2.02. The van der Waals surface area contributed by atoms with Gasteiger partial charge < -0.3 is 15.0 Å². The number of aliphatic imine (C=N–C) groups is 1. The first-order valence-corrected chi connectivity index (χ1v) is 8.50. The third kappa shape index (κ3) is 4.33. The third-order valence-corrected chi connectivity index (χ3v) is 5.07. The first-order valence-electron chi connectivity index (χ1n) is 7.62. The number of hydrogen-bond donors (Lipinski definition) is 1. The van der Waals surface area contributed by atoms with Crippen molar-refractivity contribution >= 4 is 41.3 Å². The molecule has 3 rings (SSSR count). The van der Waals surface area contributed by atoms with Crippen molar-refractivity contribution in [3.63, 3.8) is 0 Å². The zero-order valence-corrected chi connectivity index (χ0v) is 16.3. The van der Waals surface area contributed by atoms with E-state index in [1.165, 1.54) is 4.88 Å². The summed E-state index contributed by atoms with van der Waals surface area (Å²) in [6.07, 6.45) is 0.313. The normalized spacial score (nSPS) is 23.8. The maximum atomic E-state index is 5.68. The number of guanidine groups is 1. The second kappa shape index (κ2) is 8.47. The topological polar surface area (TPSA) is 40.1 Å². The fourth-order valence-corrected chi connectivity index (χ4v) is 3.79. The minimum Gasteiger partial charge on any atom is -0.376 e. The van der Waals surface area contributed by atoms with E-state index in [4.69, 9.17) is 4.74 Å². The lowest BCUT2D eigenvalue weighted by Crippen LogP contribution is -2.47. The van der Waals surface area contributed by atoms with Gasteiger partial charge in [-0.05, 0) is 18.4 Å². The van der Waals surface area contributed by atoms with Gasteiger partial charge in [-0.15, -0.1) is 35.3 Å². The average molecular weight is 436 g/mol. The van der Waals surface area contributed by atoms with Gasteiger partial charge in [0.15, 0.2) is 5.96 Å². The van der Waals surface area contributed by atoms with Gasteiger partial charge in [0.1, 0.15) is 0 Å². The van der Waals surface area contributed by atoms with Crippen LogP contribution in [0.1, 0.15) is 17.8 Å². The van der Waals surface area contributed by atoms with E-state index in [9.17, 15) is 0 Å². The number of likely N-dealkylation sites (N-methyl/N-ethyl adjacent to an activating group) is 1. The van der Waals surface area contributed by atoms with E-state index < -0.39 is 0 Å². The molecule has 0 aromatic carbocycles. The quantitative estimate of drug-likeness (QED) is 0.734. The predicted molar refractivity (Wildman–Crippen MR) is 102 cm³/mol. The van der Waals surface area contributed by atoms with Crippen LogP contribution >= 0.6 is 35.3 Å². The lowest BCUT2D eigenvalue weighted by molar-refractivity contribution is -0.0334. The van der Waals surface area contributed by atoms with E-state index >= 15 is 0 Å². The molecule has 3 heterocycles. The number of nitrogens with one attached hydrogen (secondary N) is 1. The molecule has 0 spiro atoms. The van der Waals surface area contributed by atoms with Crippen LogP contribution in [0.3, 0.4) is 0 Å². The van der Waals surface area contributed by atoms with Gasteiger partial charge in [0.25, 0.3) is 0 Å². The van der Waals surface area contributed by atoms with Crippen molar-refractivity contribution in [2.75, 3.05) is 46.4 Å². The smallest absolute Gasteiger partial charge is 0.193 e. The number of rotatable bonds is 4. The fourth-order valence-electron chi connectivity index (χ4n) is 2.93. The first-order chi connectivity index (χ1) is 10.2. The molecule has 1 N–H and O–H groups in total. The van der Waals surface area contributed by atoms with Crippen molar-refractivity contribution in [2.24, 2.45) is 4.99 Å². The molecule has 1 aromatic heterocycles. The summed E-state index contributed by atoms with van der Waals surface area (Å²) < 4.78 is 5.68. The molecule has 0 radical (unpaired) electrons. The van der Waals surface area contributed by atoms with Crippen molar-refractivity contribution in [3.8, 4) is 0 Å². The highest BCUT2D eigenvalue weighted by molar-refractivity contribution is 14.0. The van der Waals surface area contributed by atoms with Crippen LogP contribution in [0.25, 0.3) is 0 Å².